The maximum Gasteiger partial charge on any atom is 0.305 e. The summed E-state index contributed by atoms with van der Waals surface area (Å²) < 4.78 is 33.1. The van der Waals surface area contributed by atoms with Crippen LogP contribution in [0, 0.1) is 0 Å². The Morgan fingerprint density at radius 2 is 1.97 bits per heavy atom. The fourth-order valence-corrected chi connectivity index (χ4v) is 5.60. The normalized spacial score (nSPS) is 11.7. The van der Waals surface area contributed by atoms with Crippen molar-refractivity contribution in [3.63, 3.8) is 0 Å². The van der Waals surface area contributed by atoms with Gasteiger partial charge in [0, 0.05) is 23.1 Å². The van der Waals surface area contributed by atoms with Crippen LogP contribution < -0.4 is 0 Å². The van der Waals surface area contributed by atoms with E-state index in [1.165, 1.54) is 22.4 Å². The molecule has 0 aliphatic heterocycles. The molecule has 0 radical (unpaired) electrons. The number of esters is 1. The average molecular weight is 476 g/mol. The smallest absolute Gasteiger partial charge is 0.305 e. The van der Waals surface area contributed by atoms with Crippen molar-refractivity contribution in [2.45, 2.75) is 24.2 Å². The first-order chi connectivity index (χ1) is 14.9. The average Bonchev–Trinajstić information content (AvgIpc) is 3.41. The molecule has 7 nitrogen and oxygen atoms in total. The Bertz CT molecular complexity index is 1330. The molecule has 4 rings (SSSR count). The SMILES string of the molecule is COC(=O)CCCc1cc2nc(Cl)ccc2n1S(=O)(=O)c1ccc(-c2cscn2)cc1. The van der Waals surface area contributed by atoms with Gasteiger partial charge in [0.25, 0.3) is 10.0 Å². The molecular formula is C21H18ClN3O4S2. The Morgan fingerprint density at radius 3 is 2.65 bits per heavy atom. The standard InChI is InChI=1S/C21H18ClN3O4S2/c1-29-21(26)4-2-3-15-11-17-19(9-10-20(22)24-17)25(15)31(27,28)16-7-5-14(6-8-16)18-12-30-13-23-18/h5-13H,2-4H2,1H3. The Kier molecular flexibility index (Phi) is 6.08. The van der Waals surface area contributed by atoms with Crippen LogP contribution in [0.3, 0.4) is 0 Å². The minimum atomic E-state index is -3.91. The fraction of sp³-hybridized carbons (Fsp3) is 0.190. The Labute approximate surface area is 188 Å². The fourth-order valence-electron chi connectivity index (χ4n) is 3.32. The van der Waals surface area contributed by atoms with Crippen molar-refractivity contribution in [2.24, 2.45) is 0 Å². The Morgan fingerprint density at radius 1 is 1.19 bits per heavy atom. The minimum absolute atomic E-state index is 0.146. The lowest BCUT2D eigenvalue weighted by atomic mass is 10.2. The number of benzene rings is 1. The number of ether oxygens (including phenoxy) is 1. The van der Waals surface area contributed by atoms with Crippen LogP contribution in [0.1, 0.15) is 18.5 Å². The molecule has 3 aromatic heterocycles. The lowest BCUT2D eigenvalue weighted by Gasteiger charge is -2.12. The summed E-state index contributed by atoms with van der Waals surface area (Å²) in [6.07, 6.45) is 0.989. The van der Waals surface area contributed by atoms with Crippen molar-refractivity contribution in [3.8, 4) is 11.3 Å². The zero-order valence-corrected chi connectivity index (χ0v) is 18.9. The molecule has 0 saturated heterocycles. The number of hydrogen-bond donors (Lipinski definition) is 0. The molecule has 0 bridgehead atoms. The summed E-state index contributed by atoms with van der Waals surface area (Å²) in [5.74, 6) is -0.343. The van der Waals surface area contributed by atoms with E-state index in [0.717, 1.165) is 11.3 Å². The van der Waals surface area contributed by atoms with Crippen molar-refractivity contribution >= 4 is 50.0 Å². The van der Waals surface area contributed by atoms with Gasteiger partial charge in [-0.15, -0.1) is 11.3 Å². The molecule has 1 aromatic carbocycles. The van der Waals surface area contributed by atoms with Gasteiger partial charge in [-0.1, -0.05) is 23.7 Å². The third-order valence-electron chi connectivity index (χ3n) is 4.81. The van der Waals surface area contributed by atoms with Crippen molar-refractivity contribution in [1.29, 1.82) is 0 Å². The molecule has 4 aromatic rings. The summed E-state index contributed by atoms with van der Waals surface area (Å²) in [7, 11) is -2.58. The van der Waals surface area contributed by atoms with E-state index in [9.17, 15) is 13.2 Å². The second kappa shape index (κ2) is 8.78. The molecule has 0 unspecified atom stereocenters. The maximum atomic E-state index is 13.6. The van der Waals surface area contributed by atoms with Crippen molar-refractivity contribution < 1.29 is 17.9 Å². The van der Waals surface area contributed by atoms with Gasteiger partial charge in [0.15, 0.2) is 0 Å². The highest BCUT2D eigenvalue weighted by molar-refractivity contribution is 7.90. The van der Waals surface area contributed by atoms with E-state index in [1.807, 2.05) is 5.38 Å². The molecule has 0 N–H and O–H groups in total. The van der Waals surface area contributed by atoms with Gasteiger partial charge in [0.1, 0.15) is 5.15 Å². The first-order valence-electron chi connectivity index (χ1n) is 9.38. The van der Waals surface area contributed by atoms with Gasteiger partial charge in [-0.3, -0.25) is 4.79 Å². The molecule has 0 amide bonds. The summed E-state index contributed by atoms with van der Waals surface area (Å²) in [6, 6.07) is 11.5. The van der Waals surface area contributed by atoms with Crippen molar-refractivity contribution in [2.75, 3.05) is 7.11 Å². The number of rotatable bonds is 7. The van der Waals surface area contributed by atoms with Crippen LogP contribution in [0.15, 0.2) is 58.3 Å². The molecule has 0 atom stereocenters. The number of carbonyl (C=O) groups is 1. The zero-order chi connectivity index (χ0) is 22.0. The highest BCUT2D eigenvalue weighted by atomic mass is 35.5. The van der Waals surface area contributed by atoms with Gasteiger partial charge in [-0.25, -0.2) is 22.4 Å². The summed E-state index contributed by atoms with van der Waals surface area (Å²) in [5, 5.41) is 2.17. The van der Waals surface area contributed by atoms with Crippen LogP contribution in [0.4, 0.5) is 0 Å². The molecule has 160 valence electrons. The number of nitrogens with zero attached hydrogens (tertiary/aromatic N) is 3. The van der Waals surface area contributed by atoms with E-state index in [-0.39, 0.29) is 22.4 Å². The predicted octanol–water partition coefficient (Wildman–Crippen LogP) is 4.55. The molecule has 0 saturated carbocycles. The van der Waals surface area contributed by atoms with E-state index in [0.29, 0.717) is 29.6 Å². The van der Waals surface area contributed by atoms with E-state index in [4.69, 9.17) is 11.6 Å². The number of aromatic nitrogens is 3. The van der Waals surface area contributed by atoms with Crippen LogP contribution in [-0.2, 0) is 26.0 Å². The van der Waals surface area contributed by atoms with Crippen LogP contribution in [-0.4, -0.2) is 35.4 Å². The number of aryl methyl sites for hydroxylation is 1. The zero-order valence-electron chi connectivity index (χ0n) is 16.5. The molecular weight excluding hydrogens is 458 g/mol. The molecule has 0 fully saturated rings. The first-order valence-corrected chi connectivity index (χ1v) is 12.1. The molecule has 10 heteroatoms. The third kappa shape index (κ3) is 4.34. The van der Waals surface area contributed by atoms with E-state index >= 15 is 0 Å². The van der Waals surface area contributed by atoms with Gasteiger partial charge >= 0.3 is 5.97 Å². The van der Waals surface area contributed by atoms with E-state index in [1.54, 1.807) is 48.0 Å². The minimum Gasteiger partial charge on any atom is -0.469 e. The third-order valence-corrected chi connectivity index (χ3v) is 7.39. The van der Waals surface area contributed by atoms with Crippen LogP contribution in [0.5, 0.6) is 0 Å². The molecule has 31 heavy (non-hydrogen) atoms. The molecule has 3 heterocycles. The van der Waals surface area contributed by atoms with Gasteiger partial charge in [-0.05, 0) is 43.2 Å². The lowest BCUT2D eigenvalue weighted by Crippen LogP contribution is -2.16. The quantitative estimate of drug-likeness (QED) is 0.288. The van der Waals surface area contributed by atoms with Crippen LogP contribution >= 0.6 is 22.9 Å². The summed E-state index contributed by atoms with van der Waals surface area (Å²) in [6.45, 7) is 0. The number of fused-ring (bicyclic) bond motifs is 1. The lowest BCUT2D eigenvalue weighted by molar-refractivity contribution is -0.140. The van der Waals surface area contributed by atoms with E-state index in [2.05, 4.69) is 14.7 Å². The van der Waals surface area contributed by atoms with Gasteiger partial charge < -0.3 is 4.74 Å². The largest absolute Gasteiger partial charge is 0.469 e. The summed E-state index contributed by atoms with van der Waals surface area (Å²) in [5.41, 5.74) is 4.79. The van der Waals surface area contributed by atoms with Crippen LogP contribution in [0.2, 0.25) is 5.15 Å². The second-order valence-electron chi connectivity index (χ2n) is 6.77. The predicted molar refractivity (Wildman–Crippen MR) is 120 cm³/mol. The van der Waals surface area contributed by atoms with Crippen molar-refractivity contribution in [3.05, 3.63) is 64.2 Å². The maximum absolute atomic E-state index is 13.6. The number of pyridine rings is 1. The first kappa shape index (κ1) is 21.5. The number of carbonyl (C=O) groups excluding carboxylic acids is 1. The Balaban J connectivity index is 1.75. The summed E-state index contributed by atoms with van der Waals surface area (Å²) in [4.78, 5) is 20.1. The van der Waals surface area contributed by atoms with Gasteiger partial charge in [0.05, 0.1) is 34.2 Å². The number of methoxy groups -OCH3 is 1. The topological polar surface area (TPSA) is 91.1 Å². The van der Waals surface area contributed by atoms with Crippen molar-refractivity contribution in [1.82, 2.24) is 13.9 Å². The monoisotopic (exact) mass is 475 g/mol. The summed E-state index contributed by atoms with van der Waals surface area (Å²) >= 11 is 7.48. The number of thiazole rings is 1. The molecule has 0 spiro atoms. The highest BCUT2D eigenvalue weighted by Crippen LogP contribution is 2.28. The highest BCUT2D eigenvalue weighted by Gasteiger charge is 2.24. The number of hydrogen-bond acceptors (Lipinski definition) is 7. The van der Waals surface area contributed by atoms with Gasteiger partial charge in [-0.2, -0.15) is 0 Å². The van der Waals surface area contributed by atoms with Gasteiger partial charge in [0.2, 0.25) is 0 Å². The molecule has 0 aliphatic rings. The Hall–Kier alpha value is -2.75. The number of halogens is 1. The van der Waals surface area contributed by atoms with Crippen LogP contribution in [0.25, 0.3) is 22.3 Å². The van der Waals surface area contributed by atoms with E-state index < -0.39 is 10.0 Å². The molecule has 0 aliphatic carbocycles. The second-order valence-corrected chi connectivity index (χ2v) is 9.66.